The topological polar surface area (TPSA) is 65.2 Å². The first kappa shape index (κ1) is 10.0. The molecule has 0 amide bonds. The van der Waals surface area contributed by atoms with Crippen LogP contribution in [0.1, 0.15) is 12.5 Å². The molecule has 0 unspecified atom stereocenters. The van der Waals surface area contributed by atoms with Crippen LogP contribution in [0.2, 0.25) is 0 Å². The second-order valence-electron chi connectivity index (χ2n) is 4.19. The lowest BCUT2D eigenvalue weighted by Crippen LogP contribution is -1.96. The van der Waals surface area contributed by atoms with Gasteiger partial charge in [-0.3, -0.25) is 0 Å². The van der Waals surface area contributed by atoms with E-state index in [0.29, 0.717) is 11.3 Å². The summed E-state index contributed by atoms with van der Waals surface area (Å²) in [4.78, 5) is 0. The number of nitrogen functional groups attached to an aromatic ring is 2. The van der Waals surface area contributed by atoms with Crippen LogP contribution in [0.15, 0.2) is 34.7 Å². The molecule has 0 fully saturated rings. The largest absolute Gasteiger partial charge is 0.454 e. The maximum atomic E-state index is 6.19. The highest BCUT2D eigenvalue weighted by Crippen LogP contribution is 2.38. The summed E-state index contributed by atoms with van der Waals surface area (Å²) in [6.45, 7) is 2.07. The van der Waals surface area contributed by atoms with Gasteiger partial charge >= 0.3 is 0 Å². The van der Waals surface area contributed by atoms with Crippen molar-refractivity contribution in [2.75, 3.05) is 11.5 Å². The van der Waals surface area contributed by atoms with Crippen molar-refractivity contribution in [2.45, 2.75) is 13.3 Å². The molecular weight excluding hydrogens is 212 g/mol. The molecule has 0 aliphatic carbocycles. The molecule has 1 heterocycles. The van der Waals surface area contributed by atoms with E-state index >= 15 is 0 Å². The van der Waals surface area contributed by atoms with Gasteiger partial charge in [-0.2, -0.15) is 0 Å². The van der Waals surface area contributed by atoms with Gasteiger partial charge in [-0.05, 0) is 24.1 Å². The molecule has 3 heteroatoms. The maximum Gasteiger partial charge on any atom is 0.160 e. The van der Waals surface area contributed by atoms with Crippen molar-refractivity contribution in [3.63, 3.8) is 0 Å². The molecule has 3 rings (SSSR count). The lowest BCUT2D eigenvalue weighted by Gasteiger charge is -2.06. The third kappa shape index (κ3) is 1.29. The minimum Gasteiger partial charge on any atom is -0.454 e. The average molecular weight is 226 g/mol. The predicted molar refractivity (Wildman–Crippen MR) is 71.9 cm³/mol. The Hall–Kier alpha value is -2.16. The Bertz CT molecular complexity index is 713. The minimum atomic E-state index is 0.655. The molecule has 2 aromatic carbocycles. The third-order valence-corrected chi connectivity index (χ3v) is 3.18. The Morgan fingerprint density at radius 2 is 1.94 bits per heavy atom. The standard InChI is InChI=1S/C14H14N2O/c1-2-8-7-10(15)14-12(13(8)16)9-5-3-4-6-11(9)17-14/h3-7H,2,15-16H2,1H3. The fraction of sp³-hybridized carbons (Fsp3) is 0.143. The number of para-hydroxylation sites is 1. The normalized spacial score (nSPS) is 11.4. The van der Waals surface area contributed by atoms with Gasteiger partial charge in [0.25, 0.3) is 0 Å². The monoisotopic (exact) mass is 226 g/mol. The molecule has 86 valence electrons. The van der Waals surface area contributed by atoms with Gasteiger partial charge in [-0.15, -0.1) is 0 Å². The van der Waals surface area contributed by atoms with Crippen molar-refractivity contribution < 1.29 is 4.42 Å². The molecule has 4 N–H and O–H groups in total. The van der Waals surface area contributed by atoms with Crippen LogP contribution >= 0.6 is 0 Å². The van der Waals surface area contributed by atoms with Crippen LogP contribution in [0, 0.1) is 0 Å². The van der Waals surface area contributed by atoms with Crippen LogP contribution in [0.4, 0.5) is 11.4 Å². The van der Waals surface area contributed by atoms with Crippen molar-refractivity contribution >= 4 is 33.3 Å². The van der Waals surface area contributed by atoms with Gasteiger partial charge < -0.3 is 15.9 Å². The molecule has 0 saturated heterocycles. The van der Waals surface area contributed by atoms with Gasteiger partial charge in [-0.25, -0.2) is 0 Å². The van der Waals surface area contributed by atoms with Crippen molar-refractivity contribution in [3.05, 3.63) is 35.9 Å². The zero-order valence-electron chi connectivity index (χ0n) is 9.66. The zero-order chi connectivity index (χ0) is 12.0. The van der Waals surface area contributed by atoms with E-state index in [1.807, 2.05) is 30.3 Å². The molecule has 0 atom stereocenters. The summed E-state index contributed by atoms with van der Waals surface area (Å²) >= 11 is 0. The summed E-state index contributed by atoms with van der Waals surface area (Å²) in [6.07, 6.45) is 0.867. The van der Waals surface area contributed by atoms with E-state index in [1.54, 1.807) is 0 Å². The van der Waals surface area contributed by atoms with Crippen molar-refractivity contribution in [3.8, 4) is 0 Å². The molecule has 0 radical (unpaired) electrons. The van der Waals surface area contributed by atoms with Crippen LogP contribution in [0.3, 0.4) is 0 Å². The number of aryl methyl sites for hydroxylation is 1. The Morgan fingerprint density at radius 3 is 2.71 bits per heavy atom. The van der Waals surface area contributed by atoms with Crippen LogP contribution in [-0.2, 0) is 6.42 Å². The van der Waals surface area contributed by atoms with Gasteiger partial charge in [0.1, 0.15) is 5.58 Å². The van der Waals surface area contributed by atoms with E-state index in [0.717, 1.165) is 34.0 Å². The summed E-state index contributed by atoms with van der Waals surface area (Å²) in [7, 11) is 0. The molecule has 1 aromatic heterocycles. The summed E-state index contributed by atoms with van der Waals surface area (Å²) in [5.74, 6) is 0. The first-order chi connectivity index (χ1) is 8.22. The number of hydrogen-bond acceptors (Lipinski definition) is 3. The van der Waals surface area contributed by atoms with Gasteiger partial charge in [0.15, 0.2) is 5.58 Å². The van der Waals surface area contributed by atoms with E-state index in [9.17, 15) is 0 Å². The van der Waals surface area contributed by atoms with Crippen molar-refractivity contribution in [2.24, 2.45) is 0 Å². The quantitative estimate of drug-likeness (QED) is 0.625. The van der Waals surface area contributed by atoms with Crippen LogP contribution < -0.4 is 11.5 Å². The highest BCUT2D eigenvalue weighted by molar-refractivity contribution is 6.14. The Balaban J connectivity index is 2.58. The molecule has 17 heavy (non-hydrogen) atoms. The van der Waals surface area contributed by atoms with Gasteiger partial charge in [0.2, 0.25) is 0 Å². The summed E-state index contributed by atoms with van der Waals surface area (Å²) < 4.78 is 5.76. The molecular formula is C14H14N2O. The second kappa shape index (κ2) is 3.42. The number of fused-ring (bicyclic) bond motifs is 3. The Labute approximate surface area is 99.0 Å². The number of nitrogens with two attached hydrogens (primary N) is 2. The van der Waals surface area contributed by atoms with Crippen LogP contribution in [-0.4, -0.2) is 0 Å². The molecule has 0 bridgehead atoms. The fourth-order valence-electron chi connectivity index (χ4n) is 2.30. The highest BCUT2D eigenvalue weighted by atomic mass is 16.3. The predicted octanol–water partition coefficient (Wildman–Crippen LogP) is 3.31. The van der Waals surface area contributed by atoms with E-state index in [4.69, 9.17) is 15.9 Å². The van der Waals surface area contributed by atoms with Gasteiger partial charge in [-0.1, -0.05) is 25.1 Å². The number of anilines is 2. The second-order valence-corrected chi connectivity index (χ2v) is 4.19. The number of benzene rings is 2. The molecule has 0 aliphatic heterocycles. The first-order valence-corrected chi connectivity index (χ1v) is 5.70. The van der Waals surface area contributed by atoms with Crippen LogP contribution in [0.25, 0.3) is 21.9 Å². The zero-order valence-corrected chi connectivity index (χ0v) is 9.66. The van der Waals surface area contributed by atoms with E-state index in [-0.39, 0.29) is 0 Å². The molecule has 3 aromatic rings. The fourth-order valence-corrected chi connectivity index (χ4v) is 2.30. The van der Waals surface area contributed by atoms with Gasteiger partial charge in [0.05, 0.1) is 11.1 Å². The summed E-state index contributed by atoms with van der Waals surface area (Å²) in [5.41, 5.74) is 16.2. The molecule has 0 saturated carbocycles. The Kier molecular flexibility index (Phi) is 2.01. The number of rotatable bonds is 1. The average Bonchev–Trinajstić information content (AvgIpc) is 2.73. The summed E-state index contributed by atoms with van der Waals surface area (Å²) in [6, 6.07) is 9.76. The van der Waals surface area contributed by atoms with E-state index in [2.05, 4.69) is 6.92 Å². The molecule has 0 spiro atoms. The van der Waals surface area contributed by atoms with Crippen molar-refractivity contribution in [1.29, 1.82) is 0 Å². The van der Waals surface area contributed by atoms with E-state index in [1.165, 1.54) is 0 Å². The first-order valence-electron chi connectivity index (χ1n) is 5.70. The smallest absolute Gasteiger partial charge is 0.160 e. The van der Waals surface area contributed by atoms with Crippen molar-refractivity contribution in [1.82, 2.24) is 0 Å². The SMILES string of the molecule is CCc1cc(N)c2oc3ccccc3c2c1N. The molecule has 3 nitrogen and oxygen atoms in total. The number of hydrogen-bond donors (Lipinski definition) is 2. The maximum absolute atomic E-state index is 6.19. The Morgan fingerprint density at radius 1 is 1.18 bits per heavy atom. The molecule has 0 aliphatic rings. The summed E-state index contributed by atoms with van der Waals surface area (Å²) in [5, 5.41) is 1.97. The third-order valence-electron chi connectivity index (χ3n) is 3.18. The number of furan rings is 1. The van der Waals surface area contributed by atoms with Crippen LogP contribution in [0.5, 0.6) is 0 Å². The lowest BCUT2D eigenvalue weighted by molar-refractivity contribution is 0.670. The van der Waals surface area contributed by atoms with E-state index < -0.39 is 0 Å². The lowest BCUT2D eigenvalue weighted by atomic mass is 10.0. The minimum absolute atomic E-state index is 0.655. The van der Waals surface area contributed by atoms with Gasteiger partial charge in [0, 0.05) is 11.1 Å². The highest BCUT2D eigenvalue weighted by Gasteiger charge is 2.14.